The van der Waals surface area contributed by atoms with Gasteiger partial charge >= 0.3 is 5.76 Å². The highest BCUT2D eigenvalue weighted by Crippen LogP contribution is 2.13. The fourth-order valence-corrected chi connectivity index (χ4v) is 1.59. The van der Waals surface area contributed by atoms with Gasteiger partial charge in [0.1, 0.15) is 6.29 Å². The average Bonchev–Trinajstić information content (AvgIpc) is 2.57. The van der Waals surface area contributed by atoms with Gasteiger partial charge in [0.25, 0.3) is 0 Å². The molecule has 1 N–H and O–H groups in total. The number of aromatic nitrogens is 1. The summed E-state index contributed by atoms with van der Waals surface area (Å²) in [6.07, 6.45) is 0.856. The zero-order valence-corrected chi connectivity index (χ0v) is 8.90. The van der Waals surface area contributed by atoms with Crippen LogP contribution in [0, 0.1) is 0 Å². The number of hydrogen-bond donors (Lipinski definition) is 1. The van der Waals surface area contributed by atoms with Crippen molar-refractivity contribution in [2.24, 2.45) is 0 Å². The second-order valence-electron chi connectivity index (χ2n) is 3.71. The smallest absolute Gasteiger partial charge is 0.408 e. The van der Waals surface area contributed by atoms with Crippen LogP contribution in [0.15, 0.2) is 27.4 Å². The Kier molecular flexibility index (Phi) is 2.87. The number of H-pyrrole nitrogens is 1. The van der Waals surface area contributed by atoms with E-state index in [-0.39, 0.29) is 0 Å². The lowest BCUT2D eigenvalue weighted by molar-refractivity contribution is -0.108. The van der Waals surface area contributed by atoms with E-state index >= 15 is 0 Å². The van der Waals surface area contributed by atoms with Crippen molar-refractivity contribution in [3.63, 3.8) is 0 Å². The summed E-state index contributed by atoms with van der Waals surface area (Å²) in [5, 5.41) is 0. The summed E-state index contributed by atoms with van der Waals surface area (Å²) in [7, 11) is 1.85. The highest BCUT2D eigenvalue weighted by atomic mass is 16.4. The van der Waals surface area contributed by atoms with Crippen molar-refractivity contribution < 1.29 is 9.21 Å². The number of aldehydes is 1. The minimum atomic E-state index is -0.451. The number of nitrogens with zero attached hydrogens (tertiary/aromatic N) is 1. The van der Waals surface area contributed by atoms with Crippen LogP contribution in [0.1, 0.15) is 5.56 Å². The first-order valence-electron chi connectivity index (χ1n) is 4.93. The molecular weight excluding hydrogens is 208 g/mol. The number of likely N-dealkylation sites (N-methyl/N-ethyl adjacent to an activating group) is 1. The van der Waals surface area contributed by atoms with Crippen molar-refractivity contribution in [3.8, 4) is 0 Å². The lowest BCUT2D eigenvalue weighted by Crippen LogP contribution is -2.19. The molecule has 16 heavy (non-hydrogen) atoms. The third-order valence-corrected chi connectivity index (χ3v) is 2.32. The highest BCUT2D eigenvalue weighted by molar-refractivity contribution is 5.72. The number of rotatable bonds is 4. The monoisotopic (exact) mass is 220 g/mol. The number of benzene rings is 1. The van der Waals surface area contributed by atoms with Gasteiger partial charge in [-0.2, -0.15) is 0 Å². The van der Waals surface area contributed by atoms with Crippen molar-refractivity contribution in [3.05, 3.63) is 34.3 Å². The van der Waals surface area contributed by atoms with Gasteiger partial charge in [-0.3, -0.25) is 9.88 Å². The summed E-state index contributed by atoms with van der Waals surface area (Å²) < 4.78 is 4.95. The largest absolute Gasteiger partial charge is 0.417 e. The van der Waals surface area contributed by atoms with Crippen LogP contribution in [-0.4, -0.2) is 29.8 Å². The number of oxazole rings is 1. The van der Waals surface area contributed by atoms with Crippen LogP contribution in [0.5, 0.6) is 0 Å². The summed E-state index contributed by atoms with van der Waals surface area (Å²) >= 11 is 0. The number of aromatic amines is 1. The van der Waals surface area contributed by atoms with E-state index in [1.54, 1.807) is 12.1 Å². The zero-order chi connectivity index (χ0) is 11.5. The summed E-state index contributed by atoms with van der Waals surface area (Å²) in [5.41, 5.74) is 2.23. The van der Waals surface area contributed by atoms with Gasteiger partial charge < -0.3 is 9.21 Å². The molecule has 0 amide bonds. The van der Waals surface area contributed by atoms with Crippen LogP contribution >= 0.6 is 0 Å². The van der Waals surface area contributed by atoms with Crippen LogP contribution in [0.3, 0.4) is 0 Å². The van der Waals surface area contributed by atoms with E-state index in [0.29, 0.717) is 24.2 Å². The third-order valence-electron chi connectivity index (χ3n) is 2.32. The Bertz CT molecular complexity index is 556. The van der Waals surface area contributed by atoms with Crippen LogP contribution in [-0.2, 0) is 11.3 Å². The zero-order valence-electron chi connectivity index (χ0n) is 8.90. The molecule has 2 rings (SSSR count). The van der Waals surface area contributed by atoms with E-state index in [1.807, 2.05) is 18.0 Å². The second kappa shape index (κ2) is 4.32. The molecule has 5 heteroatoms. The molecule has 0 aliphatic heterocycles. The first kappa shape index (κ1) is 10.6. The van der Waals surface area contributed by atoms with Crippen LogP contribution < -0.4 is 5.76 Å². The van der Waals surface area contributed by atoms with E-state index in [9.17, 15) is 9.59 Å². The van der Waals surface area contributed by atoms with E-state index in [1.165, 1.54) is 0 Å². The van der Waals surface area contributed by atoms with Gasteiger partial charge in [0.05, 0.1) is 12.1 Å². The molecule has 1 aromatic carbocycles. The van der Waals surface area contributed by atoms with Gasteiger partial charge in [-0.05, 0) is 24.7 Å². The SMILES string of the molecule is CN(CC=O)Cc1ccc2[nH]c(=O)oc2c1. The van der Waals surface area contributed by atoms with Crippen molar-refractivity contribution >= 4 is 17.4 Å². The van der Waals surface area contributed by atoms with Crippen molar-refractivity contribution in [2.75, 3.05) is 13.6 Å². The van der Waals surface area contributed by atoms with Crippen LogP contribution in [0.25, 0.3) is 11.1 Å². The van der Waals surface area contributed by atoms with Crippen molar-refractivity contribution in [1.29, 1.82) is 0 Å². The molecule has 84 valence electrons. The molecule has 0 bridgehead atoms. The van der Waals surface area contributed by atoms with Gasteiger partial charge in [-0.15, -0.1) is 0 Å². The average molecular weight is 220 g/mol. The number of fused-ring (bicyclic) bond motifs is 1. The third kappa shape index (κ3) is 2.20. The fraction of sp³-hybridized carbons (Fsp3) is 0.273. The van der Waals surface area contributed by atoms with E-state index < -0.39 is 5.76 Å². The van der Waals surface area contributed by atoms with E-state index in [0.717, 1.165) is 11.8 Å². The van der Waals surface area contributed by atoms with Gasteiger partial charge in [0.15, 0.2) is 5.58 Å². The molecule has 0 saturated heterocycles. The molecule has 0 saturated carbocycles. The Hall–Kier alpha value is -1.88. The standard InChI is InChI=1S/C11H12N2O3/c1-13(4-5-14)7-8-2-3-9-10(6-8)16-11(15)12-9/h2-3,5-6H,4,7H2,1H3,(H,12,15). The maximum Gasteiger partial charge on any atom is 0.417 e. The first-order valence-corrected chi connectivity index (χ1v) is 4.93. The fourth-order valence-electron chi connectivity index (χ4n) is 1.59. The summed E-state index contributed by atoms with van der Waals surface area (Å²) in [6, 6.07) is 5.49. The molecule has 0 aliphatic rings. The van der Waals surface area contributed by atoms with Crippen LogP contribution in [0.2, 0.25) is 0 Å². The van der Waals surface area contributed by atoms with Gasteiger partial charge in [0, 0.05) is 6.54 Å². The second-order valence-corrected chi connectivity index (χ2v) is 3.71. The van der Waals surface area contributed by atoms with E-state index in [4.69, 9.17) is 4.42 Å². The maximum atomic E-state index is 10.9. The topological polar surface area (TPSA) is 66.3 Å². The molecule has 1 aromatic heterocycles. The number of nitrogens with one attached hydrogen (secondary N) is 1. The number of hydrogen-bond acceptors (Lipinski definition) is 4. The minimum Gasteiger partial charge on any atom is -0.408 e. The number of carbonyl (C=O) groups excluding carboxylic acids is 1. The molecule has 0 atom stereocenters. The summed E-state index contributed by atoms with van der Waals surface area (Å²) in [6.45, 7) is 1.03. The first-order chi connectivity index (χ1) is 7.69. The predicted molar refractivity (Wildman–Crippen MR) is 59.2 cm³/mol. The molecule has 0 radical (unpaired) electrons. The van der Waals surface area contributed by atoms with Gasteiger partial charge in [-0.1, -0.05) is 6.07 Å². The minimum absolute atomic E-state index is 0.384. The Morgan fingerprint density at radius 1 is 1.50 bits per heavy atom. The molecule has 0 aliphatic carbocycles. The van der Waals surface area contributed by atoms with Crippen molar-refractivity contribution in [1.82, 2.24) is 9.88 Å². The molecule has 0 fully saturated rings. The highest BCUT2D eigenvalue weighted by Gasteiger charge is 2.04. The lowest BCUT2D eigenvalue weighted by atomic mass is 10.2. The maximum absolute atomic E-state index is 10.9. The number of carbonyl (C=O) groups is 1. The normalized spacial score (nSPS) is 11.1. The molecule has 5 nitrogen and oxygen atoms in total. The Morgan fingerprint density at radius 3 is 3.06 bits per heavy atom. The summed E-state index contributed by atoms with van der Waals surface area (Å²) in [4.78, 5) is 25.7. The Morgan fingerprint density at radius 2 is 2.31 bits per heavy atom. The summed E-state index contributed by atoms with van der Waals surface area (Å²) in [5.74, 6) is -0.451. The van der Waals surface area contributed by atoms with Crippen LogP contribution in [0.4, 0.5) is 0 Å². The van der Waals surface area contributed by atoms with Gasteiger partial charge in [0.2, 0.25) is 0 Å². The lowest BCUT2D eigenvalue weighted by Gasteiger charge is -2.12. The molecular formula is C11H12N2O3. The predicted octanol–water partition coefficient (Wildman–Crippen LogP) is 0.752. The van der Waals surface area contributed by atoms with E-state index in [2.05, 4.69) is 4.98 Å². The molecule has 0 unspecified atom stereocenters. The molecule has 0 spiro atoms. The van der Waals surface area contributed by atoms with Gasteiger partial charge in [-0.25, -0.2) is 4.79 Å². The van der Waals surface area contributed by atoms with Crippen molar-refractivity contribution in [2.45, 2.75) is 6.54 Å². The molecule has 2 aromatic rings. The molecule has 1 heterocycles. The quantitative estimate of drug-likeness (QED) is 0.772. The Balaban J connectivity index is 2.25. The Labute approximate surface area is 91.7 Å².